The molecule has 1 saturated heterocycles. The first-order valence-corrected chi connectivity index (χ1v) is 11.1. The van der Waals surface area contributed by atoms with Crippen LogP contribution in [0.2, 0.25) is 0 Å². The van der Waals surface area contributed by atoms with Crippen molar-refractivity contribution in [1.29, 1.82) is 0 Å². The third-order valence-electron chi connectivity index (χ3n) is 5.10. The van der Waals surface area contributed by atoms with Crippen molar-refractivity contribution >= 4 is 21.7 Å². The molecule has 2 fully saturated rings. The molecule has 1 N–H and O–H groups in total. The molecule has 0 spiro atoms. The Bertz CT molecular complexity index is 541. The molecule has 138 valence electrons. The van der Waals surface area contributed by atoms with E-state index in [2.05, 4.69) is 5.32 Å². The second-order valence-electron chi connectivity index (χ2n) is 7.31. The molecule has 7 heteroatoms. The normalized spacial score (nSPS) is 23.0. The fourth-order valence-electron chi connectivity index (χ4n) is 3.64. The van der Waals surface area contributed by atoms with Gasteiger partial charge in [0.25, 0.3) is 0 Å². The Morgan fingerprint density at radius 1 is 1.08 bits per heavy atom. The zero-order valence-corrected chi connectivity index (χ0v) is 15.4. The zero-order valence-electron chi connectivity index (χ0n) is 14.6. The lowest BCUT2D eigenvalue weighted by atomic mass is 9.88. The van der Waals surface area contributed by atoms with Gasteiger partial charge >= 0.3 is 0 Å². The highest BCUT2D eigenvalue weighted by molar-refractivity contribution is 7.90. The average Bonchev–Trinajstić information content (AvgIpc) is 2.58. The fraction of sp³-hybridized carbons (Fsp3) is 0.882. The summed E-state index contributed by atoms with van der Waals surface area (Å²) < 4.78 is 22.4. The number of amides is 2. The number of carbonyl (C=O) groups is 2. The van der Waals surface area contributed by atoms with E-state index in [9.17, 15) is 18.0 Å². The summed E-state index contributed by atoms with van der Waals surface area (Å²) >= 11 is 0. The molecule has 1 atom stereocenters. The molecular weight excluding hydrogens is 328 g/mol. The van der Waals surface area contributed by atoms with Crippen LogP contribution in [0.15, 0.2) is 0 Å². The van der Waals surface area contributed by atoms with Gasteiger partial charge in [-0.1, -0.05) is 19.3 Å². The van der Waals surface area contributed by atoms with E-state index in [4.69, 9.17) is 0 Å². The minimum absolute atomic E-state index is 0.0555. The van der Waals surface area contributed by atoms with Crippen LogP contribution in [-0.2, 0) is 19.4 Å². The van der Waals surface area contributed by atoms with Crippen molar-refractivity contribution in [2.45, 2.75) is 51.4 Å². The molecule has 0 radical (unpaired) electrons. The molecule has 0 aromatic heterocycles. The van der Waals surface area contributed by atoms with Gasteiger partial charge in [0.15, 0.2) is 0 Å². The quantitative estimate of drug-likeness (QED) is 0.777. The topological polar surface area (TPSA) is 83.6 Å². The predicted octanol–water partition coefficient (Wildman–Crippen LogP) is 1.36. The van der Waals surface area contributed by atoms with Gasteiger partial charge in [-0.3, -0.25) is 9.59 Å². The highest BCUT2D eigenvalue weighted by atomic mass is 32.2. The van der Waals surface area contributed by atoms with Crippen LogP contribution in [-0.4, -0.2) is 56.8 Å². The first kappa shape index (κ1) is 19.2. The van der Waals surface area contributed by atoms with E-state index >= 15 is 0 Å². The van der Waals surface area contributed by atoms with Crippen LogP contribution in [0.5, 0.6) is 0 Å². The van der Waals surface area contributed by atoms with Gasteiger partial charge in [-0.05, 0) is 31.6 Å². The largest absolute Gasteiger partial charge is 0.356 e. The molecule has 0 aromatic rings. The monoisotopic (exact) mass is 358 g/mol. The number of carbonyl (C=O) groups excluding carboxylic acids is 2. The summed E-state index contributed by atoms with van der Waals surface area (Å²) in [6, 6.07) is 0. The van der Waals surface area contributed by atoms with Crippen LogP contribution in [0.1, 0.15) is 51.4 Å². The Hall–Kier alpha value is -1.11. The van der Waals surface area contributed by atoms with Gasteiger partial charge < -0.3 is 10.2 Å². The van der Waals surface area contributed by atoms with E-state index in [1.165, 1.54) is 6.42 Å². The highest BCUT2D eigenvalue weighted by Crippen LogP contribution is 2.24. The van der Waals surface area contributed by atoms with Gasteiger partial charge in [-0.2, -0.15) is 0 Å². The molecule has 24 heavy (non-hydrogen) atoms. The molecule has 1 aliphatic carbocycles. The summed E-state index contributed by atoms with van der Waals surface area (Å²) in [5, 5.41) is 3.07. The third-order valence-corrected chi connectivity index (χ3v) is 6.05. The van der Waals surface area contributed by atoms with Gasteiger partial charge in [-0.25, -0.2) is 8.42 Å². The van der Waals surface area contributed by atoms with Gasteiger partial charge in [0.1, 0.15) is 9.84 Å². The molecule has 1 aliphatic heterocycles. The van der Waals surface area contributed by atoms with Crippen molar-refractivity contribution in [2.75, 3.05) is 31.6 Å². The summed E-state index contributed by atoms with van der Waals surface area (Å²) in [4.78, 5) is 26.1. The molecule has 6 nitrogen and oxygen atoms in total. The van der Waals surface area contributed by atoms with Crippen molar-refractivity contribution < 1.29 is 18.0 Å². The van der Waals surface area contributed by atoms with Crippen molar-refractivity contribution in [2.24, 2.45) is 11.8 Å². The minimum Gasteiger partial charge on any atom is -0.356 e. The SMILES string of the molecule is CS(=O)(=O)CCC(=O)N1CCCC(CNC(=O)C2CCCCC2)C1. The molecule has 1 saturated carbocycles. The summed E-state index contributed by atoms with van der Waals surface area (Å²) in [7, 11) is -3.11. The Morgan fingerprint density at radius 3 is 2.46 bits per heavy atom. The summed E-state index contributed by atoms with van der Waals surface area (Å²) in [6.07, 6.45) is 8.62. The van der Waals surface area contributed by atoms with Crippen LogP contribution in [0.25, 0.3) is 0 Å². The minimum atomic E-state index is -3.11. The second kappa shape index (κ2) is 8.83. The number of sulfone groups is 1. The van der Waals surface area contributed by atoms with Crippen LogP contribution in [0.4, 0.5) is 0 Å². The van der Waals surface area contributed by atoms with Crippen LogP contribution < -0.4 is 5.32 Å². The highest BCUT2D eigenvalue weighted by Gasteiger charge is 2.26. The van der Waals surface area contributed by atoms with Gasteiger partial charge in [0, 0.05) is 38.2 Å². The molecule has 0 aromatic carbocycles. The lowest BCUT2D eigenvalue weighted by molar-refractivity contribution is -0.132. The average molecular weight is 359 g/mol. The smallest absolute Gasteiger partial charge is 0.223 e. The van der Waals surface area contributed by atoms with Crippen molar-refractivity contribution in [1.82, 2.24) is 10.2 Å². The van der Waals surface area contributed by atoms with E-state index in [1.807, 2.05) is 0 Å². The predicted molar refractivity (Wildman–Crippen MR) is 93.2 cm³/mol. The lowest BCUT2D eigenvalue weighted by Gasteiger charge is -2.33. The maximum Gasteiger partial charge on any atom is 0.223 e. The number of piperidine rings is 1. The zero-order chi connectivity index (χ0) is 17.6. The number of nitrogens with one attached hydrogen (secondary N) is 1. The van der Waals surface area contributed by atoms with Gasteiger partial charge in [-0.15, -0.1) is 0 Å². The Labute approximate surface area is 145 Å². The molecule has 2 rings (SSSR count). The third kappa shape index (κ3) is 6.42. The molecule has 0 bridgehead atoms. The van der Waals surface area contributed by atoms with Gasteiger partial charge in [0.2, 0.25) is 11.8 Å². The number of rotatable bonds is 6. The molecular formula is C17H30N2O4S. The van der Waals surface area contributed by atoms with E-state index in [0.717, 1.165) is 44.8 Å². The lowest BCUT2D eigenvalue weighted by Crippen LogP contribution is -2.45. The van der Waals surface area contributed by atoms with E-state index < -0.39 is 9.84 Å². The van der Waals surface area contributed by atoms with Crippen molar-refractivity contribution in [3.63, 3.8) is 0 Å². The first-order valence-electron chi connectivity index (χ1n) is 9.08. The van der Waals surface area contributed by atoms with E-state index in [-0.39, 0.29) is 35.8 Å². The Morgan fingerprint density at radius 2 is 1.79 bits per heavy atom. The Kier molecular flexibility index (Phi) is 7.07. The second-order valence-corrected chi connectivity index (χ2v) is 9.57. The molecule has 1 heterocycles. The molecule has 1 unspecified atom stereocenters. The summed E-state index contributed by atoms with van der Waals surface area (Å²) in [5.41, 5.74) is 0. The summed E-state index contributed by atoms with van der Waals surface area (Å²) in [6.45, 7) is 1.92. The molecule has 2 aliphatic rings. The maximum absolute atomic E-state index is 12.2. The standard InChI is InChI=1S/C17H30N2O4S/c1-24(22,23)11-9-16(20)19-10-5-6-14(13-19)12-18-17(21)15-7-3-2-4-8-15/h14-15H,2-13H2,1H3,(H,18,21). The number of nitrogens with zero attached hydrogens (tertiary/aromatic N) is 1. The van der Waals surface area contributed by atoms with Crippen LogP contribution in [0.3, 0.4) is 0 Å². The number of hydrogen-bond acceptors (Lipinski definition) is 4. The summed E-state index contributed by atoms with van der Waals surface area (Å²) in [5.74, 6) is 0.410. The fourth-order valence-corrected chi connectivity index (χ4v) is 4.19. The Balaban J connectivity index is 1.74. The van der Waals surface area contributed by atoms with Crippen LogP contribution in [0, 0.1) is 11.8 Å². The van der Waals surface area contributed by atoms with E-state index in [1.54, 1.807) is 4.90 Å². The van der Waals surface area contributed by atoms with Crippen molar-refractivity contribution in [3.05, 3.63) is 0 Å². The number of likely N-dealkylation sites (tertiary alicyclic amines) is 1. The van der Waals surface area contributed by atoms with Crippen molar-refractivity contribution in [3.8, 4) is 0 Å². The van der Waals surface area contributed by atoms with Crippen LogP contribution >= 0.6 is 0 Å². The molecule has 2 amide bonds. The maximum atomic E-state index is 12.2. The number of hydrogen-bond donors (Lipinski definition) is 1. The van der Waals surface area contributed by atoms with Gasteiger partial charge in [0.05, 0.1) is 5.75 Å². The first-order chi connectivity index (χ1) is 11.3. The van der Waals surface area contributed by atoms with E-state index in [0.29, 0.717) is 19.6 Å².